The number of hydrogen-bond donors (Lipinski definition) is 0. The first-order valence-corrected chi connectivity index (χ1v) is 59.5. The van der Waals surface area contributed by atoms with Gasteiger partial charge in [-0.25, -0.2) is 0 Å². The third-order valence-corrected chi connectivity index (χ3v) is 50.8. The zero-order valence-corrected chi connectivity index (χ0v) is 58.6. The van der Waals surface area contributed by atoms with Gasteiger partial charge in [0.25, 0.3) is 0 Å². The first-order valence-electron chi connectivity index (χ1n) is 24.8. The van der Waals surface area contributed by atoms with Crippen LogP contribution in [0.5, 0.6) is 0 Å². The Morgan fingerprint density at radius 2 is 0.484 bits per heavy atom. The van der Waals surface area contributed by atoms with Crippen molar-refractivity contribution < 1.29 is 0 Å². The number of allylic oxidation sites excluding steroid dienone is 12. The molecule has 0 amide bonds. The van der Waals surface area contributed by atoms with E-state index in [1.54, 1.807) is 16.7 Å². The van der Waals surface area contributed by atoms with E-state index in [1.807, 2.05) is 31.2 Å². The lowest BCUT2D eigenvalue weighted by atomic mass is 9.94. The lowest BCUT2D eigenvalue weighted by Gasteiger charge is -2.69. The van der Waals surface area contributed by atoms with Gasteiger partial charge in [0.1, 0.15) is 0 Å². The summed E-state index contributed by atoms with van der Waals surface area (Å²) < 4.78 is 0. The highest BCUT2D eigenvalue weighted by atomic mass is 35.6. The molecule has 0 nitrogen and oxygen atoms in total. The fraction of sp³-hybridized carbons (Fsp3) is 0.765. The van der Waals surface area contributed by atoms with E-state index in [9.17, 15) is 11.1 Å². The van der Waals surface area contributed by atoms with Crippen LogP contribution in [0.3, 0.4) is 0 Å². The minimum atomic E-state index is -3.31. The molecule has 0 fully saturated rings. The molecule has 6 unspecified atom stereocenters. The van der Waals surface area contributed by atoms with Crippen LogP contribution in [0.1, 0.15) is 41.5 Å². The van der Waals surface area contributed by atoms with Gasteiger partial charge in [-0.2, -0.15) is 11.1 Å². The van der Waals surface area contributed by atoms with Crippen molar-refractivity contribution in [1.29, 1.82) is 0 Å². The van der Waals surface area contributed by atoms with Gasteiger partial charge < -0.3 is 0 Å². The summed E-state index contributed by atoms with van der Waals surface area (Å²) in [5.74, 6) is 0. The number of rotatable bonds is 12. The monoisotopic (exact) mass is 1030 g/mol. The van der Waals surface area contributed by atoms with Gasteiger partial charge in [0.15, 0.2) is 7.38 Å². The molecule has 6 atom stereocenters. The minimum absolute atomic E-state index is 0.00464. The summed E-state index contributed by atoms with van der Waals surface area (Å²) in [5, 5.41) is 11.4. The van der Waals surface area contributed by atoms with E-state index in [2.05, 4.69) is 237 Å². The molecular formula is C51H105ClSi10. The summed E-state index contributed by atoms with van der Waals surface area (Å²) in [6, 6.07) is 0. The highest BCUT2D eigenvalue weighted by molar-refractivity contribution is 7.27. The summed E-state index contributed by atoms with van der Waals surface area (Å²) in [7, 11) is -21.1. The zero-order chi connectivity index (χ0) is 49.5. The largest absolute Gasteiger partial charge is 0.178 e. The van der Waals surface area contributed by atoms with Gasteiger partial charge in [0.2, 0.25) is 0 Å². The van der Waals surface area contributed by atoms with E-state index in [0.29, 0.717) is 16.6 Å². The Kier molecular flexibility index (Phi) is 15.2. The van der Waals surface area contributed by atoms with E-state index < -0.39 is 80.0 Å². The molecule has 62 heavy (non-hydrogen) atoms. The smallest absolute Gasteiger partial charge is 0.165 e. The molecule has 0 heterocycles. The summed E-state index contributed by atoms with van der Waals surface area (Å²) in [5.41, 5.74) is 5.98. The van der Waals surface area contributed by atoms with Crippen molar-refractivity contribution in [2.45, 2.75) is 250 Å². The molecule has 0 saturated carbocycles. The average molecular weight is 1030 g/mol. The Balaban J connectivity index is 3.30. The molecular weight excluding hydrogens is 929 g/mol. The summed E-state index contributed by atoms with van der Waals surface area (Å²) in [6.07, 6.45) is 8.89. The van der Waals surface area contributed by atoms with Crippen LogP contribution in [-0.4, -0.2) is 80.0 Å². The van der Waals surface area contributed by atoms with E-state index in [4.69, 9.17) is 0 Å². The van der Waals surface area contributed by atoms with Gasteiger partial charge in [-0.1, -0.05) is 264 Å². The van der Waals surface area contributed by atoms with E-state index >= 15 is 0 Å². The fourth-order valence-corrected chi connectivity index (χ4v) is 61.8. The lowest BCUT2D eigenvalue weighted by molar-refractivity contribution is 0.589. The Hall–Kier alpha value is 0.899. The summed E-state index contributed by atoms with van der Waals surface area (Å²) in [6.45, 7) is 90.1. The van der Waals surface area contributed by atoms with Crippen molar-refractivity contribution in [3.05, 3.63) is 66.1 Å². The van der Waals surface area contributed by atoms with Gasteiger partial charge in [0, 0.05) is 0 Å². The van der Waals surface area contributed by atoms with Gasteiger partial charge in [-0.3, -0.25) is 0 Å². The van der Waals surface area contributed by atoms with Crippen LogP contribution < -0.4 is 0 Å². The molecule has 3 rings (SSSR count). The zero-order valence-electron chi connectivity index (χ0n) is 47.8. The lowest BCUT2D eigenvalue weighted by Crippen LogP contribution is -2.67. The highest BCUT2D eigenvalue weighted by Crippen LogP contribution is 2.80. The number of halogens is 1. The predicted molar refractivity (Wildman–Crippen MR) is 320 cm³/mol. The SMILES string of the molecule is CC1=CC(C)([Si](C)(C)C)C([Si](Cl)(C2C([Si](C)(C)C)=C([Si](C)(C)C)C(C)=CC2(C)[Si](C)(C)C)C2C([Si](C)(C)C)=C([Si](C)(C)C)C(C)=CC2(C)[Si](C)(C)C)C([Si](C)(C)C)=C1[Si](C)(C)C. The topological polar surface area (TPSA) is 0 Å². The predicted octanol–water partition coefficient (Wildman–Crippen LogP) is 19.6. The Labute approximate surface area is 404 Å². The molecule has 356 valence electrons. The normalized spacial score (nSPS) is 30.7. The maximum atomic E-state index is 10.6. The first-order chi connectivity index (χ1) is 26.7. The second-order valence-electron chi connectivity index (χ2n) is 31.1. The van der Waals surface area contributed by atoms with Gasteiger partial charge in [0.05, 0.1) is 72.7 Å². The second-order valence-corrected chi connectivity index (χ2v) is 83.3. The Morgan fingerprint density at radius 1 is 0.323 bits per heavy atom. The molecule has 0 saturated heterocycles. The van der Waals surface area contributed by atoms with Crippen molar-refractivity contribution in [1.82, 2.24) is 0 Å². The van der Waals surface area contributed by atoms with Crippen LogP contribution in [0.2, 0.25) is 209 Å². The molecule has 0 spiro atoms. The first kappa shape index (κ1) is 57.2. The molecule has 0 aliphatic heterocycles. The van der Waals surface area contributed by atoms with Crippen LogP contribution in [0.4, 0.5) is 0 Å². The third-order valence-electron chi connectivity index (χ3n) is 17.1. The van der Waals surface area contributed by atoms with E-state index in [-0.39, 0.29) is 15.1 Å². The maximum Gasteiger partial charge on any atom is 0.178 e. The van der Waals surface area contributed by atoms with Gasteiger partial charge >= 0.3 is 0 Å². The highest BCUT2D eigenvalue weighted by Gasteiger charge is 2.74. The molecule has 0 bridgehead atoms. The molecule has 0 N–H and O–H groups in total. The van der Waals surface area contributed by atoms with Crippen molar-refractivity contribution in [2.75, 3.05) is 0 Å². The Morgan fingerprint density at radius 3 is 0.597 bits per heavy atom. The molecule has 0 aromatic rings. The molecule has 11 heteroatoms. The molecule has 0 aromatic heterocycles. The van der Waals surface area contributed by atoms with E-state index in [1.165, 1.54) is 0 Å². The molecule has 3 aliphatic carbocycles. The quantitative estimate of drug-likeness (QED) is 0.135. The third kappa shape index (κ3) is 9.60. The van der Waals surface area contributed by atoms with Crippen LogP contribution in [0.25, 0.3) is 0 Å². The standard InChI is InChI=1S/C51H105ClSi10/c1-37-34-49(4,59(25,26)27)46(43(56(16,17)18)40(37)53(7,8)9)62(52,47-44(57(19,20)21)41(54(10,11)12)38(2)35-50(47,5)60(28,29)30)48-45(58(22,23)24)42(55(13,14)15)39(3)36-51(48,6)61(31,32)33/h34-36,46-48H,1-33H3. The van der Waals surface area contributed by atoms with E-state index in [0.717, 1.165) is 0 Å². The average Bonchev–Trinajstić information content (AvgIpc) is 2.94. The number of hydrogen-bond acceptors (Lipinski definition) is 0. The summed E-state index contributed by atoms with van der Waals surface area (Å²) >= 11 is 10.6. The van der Waals surface area contributed by atoms with Crippen LogP contribution in [0, 0.1) is 0 Å². The van der Waals surface area contributed by atoms with Crippen LogP contribution in [0.15, 0.2) is 66.1 Å². The van der Waals surface area contributed by atoms with Crippen molar-refractivity contribution in [2.24, 2.45) is 0 Å². The second kappa shape index (κ2) is 16.5. The molecule has 0 radical (unpaired) electrons. The molecule has 0 aromatic carbocycles. The van der Waals surface area contributed by atoms with Crippen LogP contribution >= 0.6 is 11.1 Å². The van der Waals surface area contributed by atoms with Gasteiger partial charge in [-0.05, 0) is 52.5 Å². The fourth-order valence-electron chi connectivity index (χ4n) is 13.7. The van der Waals surface area contributed by atoms with Crippen molar-refractivity contribution in [3.63, 3.8) is 0 Å². The van der Waals surface area contributed by atoms with Crippen molar-refractivity contribution in [3.8, 4) is 0 Å². The van der Waals surface area contributed by atoms with Gasteiger partial charge in [-0.15, -0.1) is 0 Å². The Bertz CT molecular complexity index is 1760. The molecule has 3 aliphatic rings. The van der Waals surface area contributed by atoms with Crippen LogP contribution in [-0.2, 0) is 0 Å². The summed E-state index contributed by atoms with van der Waals surface area (Å²) in [4.78, 5) is 0. The minimum Gasteiger partial charge on any atom is -0.165 e. The van der Waals surface area contributed by atoms with Crippen molar-refractivity contribution >= 4 is 91.1 Å². The maximum absolute atomic E-state index is 10.6.